The van der Waals surface area contributed by atoms with E-state index >= 15 is 0 Å². The van der Waals surface area contributed by atoms with Gasteiger partial charge in [-0.3, -0.25) is 14.7 Å². The highest BCUT2D eigenvalue weighted by Crippen LogP contribution is 2.32. The highest BCUT2D eigenvalue weighted by Gasteiger charge is 2.30. The van der Waals surface area contributed by atoms with Gasteiger partial charge in [0.25, 0.3) is 5.91 Å². The van der Waals surface area contributed by atoms with Crippen LogP contribution >= 0.6 is 0 Å². The van der Waals surface area contributed by atoms with Crippen molar-refractivity contribution in [2.24, 2.45) is 5.92 Å². The second kappa shape index (κ2) is 9.45. The number of hydrogen-bond acceptors (Lipinski definition) is 3. The highest BCUT2D eigenvalue weighted by atomic mass is 16.2. The van der Waals surface area contributed by atoms with Crippen molar-refractivity contribution in [2.75, 3.05) is 24.5 Å². The Balaban J connectivity index is 1.40. The van der Waals surface area contributed by atoms with Crippen molar-refractivity contribution in [1.29, 1.82) is 0 Å². The van der Waals surface area contributed by atoms with E-state index in [1.54, 1.807) is 11.1 Å². The lowest BCUT2D eigenvalue weighted by atomic mass is 9.90. The van der Waals surface area contributed by atoms with Gasteiger partial charge in [0.15, 0.2) is 0 Å². The second-order valence-corrected chi connectivity index (χ2v) is 8.59. The standard InChI is InChI=1S/C24H32N4O2/c1-2-28(20-10-4-3-5-11-20)24(30)21-17-25-26-23(21)19-12-14-27(15-13-19)22(29)16-18-8-6-7-9-18/h3-5,10-11,17-19H,2,6-9,12-16H2,1H3,(H,25,26). The van der Waals surface area contributed by atoms with Crippen LogP contribution in [0.5, 0.6) is 0 Å². The first-order valence-corrected chi connectivity index (χ1v) is 11.3. The van der Waals surface area contributed by atoms with Crippen LogP contribution in [-0.2, 0) is 4.79 Å². The molecule has 0 unspecified atom stereocenters. The summed E-state index contributed by atoms with van der Waals surface area (Å²) in [6.45, 7) is 4.11. The van der Waals surface area contributed by atoms with Gasteiger partial charge in [0.2, 0.25) is 5.91 Å². The second-order valence-electron chi connectivity index (χ2n) is 8.59. The molecule has 1 aliphatic heterocycles. The Morgan fingerprint density at radius 1 is 1.10 bits per heavy atom. The Morgan fingerprint density at radius 2 is 1.80 bits per heavy atom. The fourth-order valence-electron chi connectivity index (χ4n) is 4.98. The average molecular weight is 409 g/mol. The molecule has 1 N–H and O–H groups in total. The number of H-pyrrole nitrogens is 1. The topological polar surface area (TPSA) is 69.3 Å². The molecule has 1 aliphatic carbocycles. The summed E-state index contributed by atoms with van der Waals surface area (Å²) < 4.78 is 0. The van der Waals surface area contributed by atoms with Gasteiger partial charge in [-0.2, -0.15) is 5.10 Å². The number of hydrogen-bond donors (Lipinski definition) is 1. The molecule has 1 aromatic heterocycles. The van der Waals surface area contributed by atoms with Crippen LogP contribution in [0, 0.1) is 5.92 Å². The molecule has 0 spiro atoms. The minimum absolute atomic E-state index is 0.0211. The quantitative estimate of drug-likeness (QED) is 0.772. The zero-order valence-corrected chi connectivity index (χ0v) is 17.8. The summed E-state index contributed by atoms with van der Waals surface area (Å²) in [5.41, 5.74) is 2.46. The summed E-state index contributed by atoms with van der Waals surface area (Å²) in [7, 11) is 0. The summed E-state index contributed by atoms with van der Waals surface area (Å²) >= 11 is 0. The van der Waals surface area contributed by atoms with Gasteiger partial charge in [-0.05, 0) is 50.7 Å². The molecule has 4 rings (SSSR count). The molecule has 2 fully saturated rings. The molecule has 2 aliphatic rings. The molecular weight excluding hydrogens is 376 g/mol. The SMILES string of the molecule is CCN(C(=O)c1cn[nH]c1C1CCN(C(=O)CC2CCCC2)CC1)c1ccccc1. The Hall–Kier alpha value is -2.63. The molecule has 6 heteroatoms. The Labute approximate surface area is 178 Å². The number of para-hydroxylation sites is 1. The molecule has 0 radical (unpaired) electrons. The van der Waals surface area contributed by atoms with E-state index in [0.717, 1.165) is 37.3 Å². The lowest BCUT2D eigenvalue weighted by Crippen LogP contribution is -2.39. The van der Waals surface area contributed by atoms with Crippen molar-refractivity contribution in [2.45, 2.75) is 57.8 Å². The maximum atomic E-state index is 13.3. The van der Waals surface area contributed by atoms with Gasteiger partial charge in [0.05, 0.1) is 17.5 Å². The van der Waals surface area contributed by atoms with Crippen LogP contribution < -0.4 is 4.90 Å². The van der Waals surface area contributed by atoms with E-state index in [1.807, 2.05) is 42.2 Å². The lowest BCUT2D eigenvalue weighted by molar-refractivity contribution is -0.133. The van der Waals surface area contributed by atoms with E-state index in [0.29, 0.717) is 30.4 Å². The zero-order chi connectivity index (χ0) is 20.9. The van der Waals surface area contributed by atoms with Crippen molar-refractivity contribution in [3.8, 4) is 0 Å². The van der Waals surface area contributed by atoms with Crippen LogP contribution in [0.4, 0.5) is 5.69 Å². The molecule has 2 heterocycles. The molecule has 2 aromatic rings. The van der Waals surface area contributed by atoms with E-state index in [2.05, 4.69) is 10.2 Å². The first kappa shape index (κ1) is 20.6. The fourth-order valence-corrected chi connectivity index (χ4v) is 4.98. The van der Waals surface area contributed by atoms with E-state index < -0.39 is 0 Å². The number of benzene rings is 1. The molecule has 1 aromatic carbocycles. The van der Waals surface area contributed by atoms with Gasteiger partial charge in [-0.25, -0.2) is 0 Å². The molecule has 0 bridgehead atoms. The van der Waals surface area contributed by atoms with E-state index in [-0.39, 0.29) is 11.8 Å². The molecular formula is C24H32N4O2. The first-order chi connectivity index (χ1) is 14.7. The van der Waals surface area contributed by atoms with Gasteiger partial charge in [0, 0.05) is 37.7 Å². The van der Waals surface area contributed by atoms with Crippen LogP contribution in [0.15, 0.2) is 36.5 Å². The lowest BCUT2D eigenvalue weighted by Gasteiger charge is -2.33. The molecule has 2 amide bonds. The molecule has 1 saturated carbocycles. The number of carbonyl (C=O) groups excluding carboxylic acids is 2. The van der Waals surface area contributed by atoms with Crippen LogP contribution in [0.2, 0.25) is 0 Å². The largest absolute Gasteiger partial charge is 0.343 e. The molecule has 30 heavy (non-hydrogen) atoms. The van der Waals surface area contributed by atoms with Crippen LogP contribution in [-0.4, -0.2) is 46.5 Å². The van der Waals surface area contributed by atoms with Crippen molar-refractivity contribution in [3.63, 3.8) is 0 Å². The third-order valence-electron chi connectivity index (χ3n) is 6.72. The summed E-state index contributed by atoms with van der Waals surface area (Å²) in [5.74, 6) is 1.11. The molecule has 160 valence electrons. The van der Waals surface area contributed by atoms with Crippen molar-refractivity contribution < 1.29 is 9.59 Å². The zero-order valence-electron chi connectivity index (χ0n) is 17.8. The monoisotopic (exact) mass is 408 g/mol. The summed E-state index contributed by atoms with van der Waals surface area (Å²) in [5, 5.41) is 7.29. The predicted molar refractivity (Wildman–Crippen MR) is 118 cm³/mol. The number of nitrogens with zero attached hydrogens (tertiary/aromatic N) is 3. The number of aromatic amines is 1. The van der Waals surface area contributed by atoms with Crippen LogP contribution in [0.3, 0.4) is 0 Å². The number of carbonyl (C=O) groups is 2. The van der Waals surface area contributed by atoms with E-state index in [1.165, 1.54) is 25.7 Å². The summed E-state index contributed by atoms with van der Waals surface area (Å²) in [6, 6.07) is 9.75. The van der Waals surface area contributed by atoms with Gasteiger partial charge < -0.3 is 9.80 Å². The minimum atomic E-state index is -0.0211. The van der Waals surface area contributed by atoms with Gasteiger partial charge >= 0.3 is 0 Å². The number of anilines is 1. The van der Waals surface area contributed by atoms with Crippen LogP contribution in [0.1, 0.15) is 73.8 Å². The number of nitrogens with one attached hydrogen (secondary N) is 1. The highest BCUT2D eigenvalue weighted by molar-refractivity contribution is 6.06. The Bertz CT molecular complexity index is 849. The normalized spacial score (nSPS) is 18.0. The van der Waals surface area contributed by atoms with Crippen molar-refractivity contribution in [1.82, 2.24) is 15.1 Å². The number of rotatable bonds is 6. The van der Waals surface area contributed by atoms with Crippen molar-refractivity contribution in [3.05, 3.63) is 47.8 Å². The number of piperidine rings is 1. The molecule has 1 saturated heterocycles. The van der Waals surface area contributed by atoms with Gasteiger partial charge in [-0.1, -0.05) is 31.0 Å². The third-order valence-corrected chi connectivity index (χ3v) is 6.72. The third kappa shape index (κ3) is 4.42. The molecule has 0 atom stereocenters. The summed E-state index contributed by atoms with van der Waals surface area (Å²) in [4.78, 5) is 29.7. The van der Waals surface area contributed by atoms with Crippen molar-refractivity contribution >= 4 is 17.5 Å². The molecule has 6 nitrogen and oxygen atoms in total. The first-order valence-electron chi connectivity index (χ1n) is 11.3. The summed E-state index contributed by atoms with van der Waals surface area (Å²) in [6.07, 6.45) is 9.06. The number of amides is 2. The Kier molecular flexibility index (Phi) is 6.50. The predicted octanol–water partition coefficient (Wildman–Crippen LogP) is 4.36. The van der Waals surface area contributed by atoms with Crippen LogP contribution in [0.25, 0.3) is 0 Å². The smallest absolute Gasteiger partial charge is 0.261 e. The van der Waals surface area contributed by atoms with E-state index in [4.69, 9.17) is 0 Å². The van der Waals surface area contributed by atoms with Gasteiger partial charge in [-0.15, -0.1) is 0 Å². The maximum Gasteiger partial charge on any atom is 0.261 e. The number of likely N-dealkylation sites (tertiary alicyclic amines) is 1. The minimum Gasteiger partial charge on any atom is -0.343 e. The fraction of sp³-hybridized carbons (Fsp3) is 0.542. The van der Waals surface area contributed by atoms with E-state index in [9.17, 15) is 9.59 Å². The average Bonchev–Trinajstić information content (AvgIpc) is 3.47. The van der Waals surface area contributed by atoms with Gasteiger partial charge in [0.1, 0.15) is 0 Å². The maximum absolute atomic E-state index is 13.3. The Morgan fingerprint density at radius 3 is 2.47 bits per heavy atom. The number of aromatic nitrogens is 2.